The molecule has 0 aliphatic heterocycles. The van der Waals surface area contributed by atoms with Gasteiger partial charge in [-0.3, -0.25) is 4.72 Å². The topological polar surface area (TPSA) is 150 Å². The molecule has 9 nitrogen and oxygen atoms in total. The van der Waals surface area contributed by atoms with Crippen molar-refractivity contribution < 1.29 is 28.5 Å². The number of hydrogen-bond acceptors (Lipinski definition) is 7. The van der Waals surface area contributed by atoms with Gasteiger partial charge in [0.1, 0.15) is 4.90 Å². The van der Waals surface area contributed by atoms with Gasteiger partial charge in [-0.25, -0.2) is 18.2 Å². The molecule has 0 saturated carbocycles. The van der Waals surface area contributed by atoms with E-state index in [1.165, 1.54) is 36.4 Å². The van der Waals surface area contributed by atoms with Gasteiger partial charge in [-0.1, -0.05) is 46.9 Å². The van der Waals surface area contributed by atoms with Crippen molar-refractivity contribution in [2.75, 3.05) is 4.72 Å². The molecule has 0 unspecified atom stereocenters. The molecular weight excluding hydrogens is 481 g/mol. The maximum absolute atomic E-state index is 12.9. The highest BCUT2D eigenvalue weighted by Gasteiger charge is 2.25. The van der Waals surface area contributed by atoms with E-state index < -0.39 is 38.2 Å². The zero-order valence-corrected chi connectivity index (χ0v) is 17.6. The second-order valence-corrected chi connectivity index (χ2v) is 8.59. The molecule has 0 aliphatic carbocycles. The first kappa shape index (κ1) is 21.9. The fraction of sp³-hybridized carbons (Fsp3) is 0. The van der Waals surface area contributed by atoms with Gasteiger partial charge >= 0.3 is 5.97 Å². The molecule has 3 aromatic rings. The van der Waals surface area contributed by atoms with E-state index in [0.29, 0.717) is 0 Å². The highest BCUT2D eigenvalue weighted by molar-refractivity contribution is 7.93. The summed E-state index contributed by atoms with van der Waals surface area (Å²) in [5.41, 5.74) is -0.917. The van der Waals surface area contributed by atoms with Crippen molar-refractivity contribution in [1.82, 2.24) is 9.97 Å². The monoisotopic (exact) mass is 489 g/mol. The third-order valence-electron chi connectivity index (χ3n) is 3.71. The van der Waals surface area contributed by atoms with Gasteiger partial charge in [-0.2, -0.15) is 4.98 Å². The summed E-state index contributed by atoms with van der Waals surface area (Å²) >= 11 is 17.8. The van der Waals surface area contributed by atoms with Gasteiger partial charge in [0.25, 0.3) is 15.9 Å². The molecule has 0 saturated heterocycles. The van der Waals surface area contributed by atoms with Crippen LogP contribution in [0.15, 0.2) is 41.3 Å². The third kappa shape index (κ3) is 4.21. The van der Waals surface area contributed by atoms with Crippen molar-refractivity contribution in [3.8, 4) is 23.0 Å². The zero-order valence-electron chi connectivity index (χ0n) is 14.5. The Labute approximate surface area is 184 Å². The van der Waals surface area contributed by atoms with Crippen LogP contribution in [0.1, 0.15) is 10.5 Å². The standard InChI is InChI=1S/C17H10Cl3N3O6S/c18-7-5-9(19)14(10(20)6-7)30(28,29)23-11-4-2-1-3-8(11)15-21-12(17(26)27)13(24)16(25)22-15/h1-6,23-24H,(H,26,27)(H,21,22,25). The maximum atomic E-state index is 12.9. The number of nitrogens with one attached hydrogen (secondary N) is 1. The summed E-state index contributed by atoms with van der Waals surface area (Å²) in [7, 11) is -4.32. The molecule has 0 aliphatic rings. The first-order valence-electron chi connectivity index (χ1n) is 7.81. The molecule has 1 heterocycles. The highest BCUT2D eigenvalue weighted by Crippen LogP contribution is 2.36. The van der Waals surface area contributed by atoms with E-state index in [1.54, 1.807) is 0 Å². The average Bonchev–Trinajstić information content (AvgIpc) is 2.62. The number of nitrogens with zero attached hydrogens (tertiary/aromatic N) is 2. The number of aromatic hydroxyl groups is 2. The lowest BCUT2D eigenvalue weighted by Gasteiger charge is -2.14. The van der Waals surface area contributed by atoms with Crippen LogP contribution in [-0.4, -0.2) is 39.7 Å². The normalized spacial score (nSPS) is 11.3. The number of rotatable bonds is 5. The van der Waals surface area contributed by atoms with Crippen LogP contribution in [-0.2, 0) is 10.0 Å². The fourth-order valence-electron chi connectivity index (χ4n) is 2.46. The number of para-hydroxylation sites is 1. The van der Waals surface area contributed by atoms with Crippen LogP contribution in [0.25, 0.3) is 11.4 Å². The van der Waals surface area contributed by atoms with Crippen LogP contribution < -0.4 is 4.72 Å². The lowest BCUT2D eigenvalue weighted by molar-refractivity contribution is 0.0685. The molecule has 1 aromatic heterocycles. The molecule has 0 bridgehead atoms. The number of sulfonamides is 1. The van der Waals surface area contributed by atoms with Crippen molar-refractivity contribution in [3.05, 3.63) is 57.2 Å². The van der Waals surface area contributed by atoms with Gasteiger partial charge in [-0.05, 0) is 24.3 Å². The van der Waals surface area contributed by atoms with E-state index in [0.717, 1.165) is 0 Å². The van der Waals surface area contributed by atoms with Crippen molar-refractivity contribution in [2.45, 2.75) is 4.90 Å². The number of aromatic carboxylic acids is 1. The van der Waals surface area contributed by atoms with Gasteiger partial charge in [-0.15, -0.1) is 0 Å². The Bertz CT molecular complexity index is 1260. The molecule has 4 N–H and O–H groups in total. The second-order valence-electron chi connectivity index (χ2n) is 5.72. The highest BCUT2D eigenvalue weighted by atomic mass is 35.5. The quantitative estimate of drug-likeness (QED) is 0.419. The third-order valence-corrected chi connectivity index (χ3v) is 6.22. The summed E-state index contributed by atoms with van der Waals surface area (Å²) in [6.45, 7) is 0. The summed E-state index contributed by atoms with van der Waals surface area (Å²) < 4.78 is 28.0. The number of carbonyl (C=O) groups is 1. The summed E-state index contributed by atoms with van der Waals surface area (Å²) in [6.07, 6.45) is 0. The van der Waals surface area contributed by atoms with Gasteiger partial charge in [0.15, 0.2) is 11.5 Å². The van der Waals surface area contributed by atoms with E-state index in [-0.39, 0.29) is 32.1 Å². The minimum absolute atomic E-state index is 0.0140. The predicted molar refractivity (Wildman–Crippen MR) is 110 cm³/mol. The number of carboxylic acid groups (broad SMARTS) is 1. The van der Waals surface area contributed by atoms with Crippen LogP contribution >= 0.6 is 34.8 Å². The smallest absolute Gasteiger partial charge is 0.358 e. The summed E-state index contributed by atoms with van der Waals surface area (Å²) in [4.78, 5) is 18.1. The van der Waals surface area contributed by atoms with Crippen LogP contribution in [0.5, 0.6) is 11.6 Å². The van der Waals surface area contributed by atoms with E-state index in [4.69, 9.17) is 39.9 Å². The van der Waals surface area contributed by atoms with Crippen LogP contribution in [0.2, 0.25) is 15.1 Å². The number of hydrogen-bond donors (Lipinski definition) is 4. The van der Waals surface area contributed by atoms with Crippen molar-refractivity contribution in [1.29, 1.82) is 0 Å². The van der Waals surface area contributed by atoms with Crippen LogP contribution in [0, 0.1) is 0 Å². The fourth-order valence-corrected chi connectivity index (χ4v) is 5.09. The summed E-state index contributed by atoms with van der Waals surface area (Å²) in [5, 5.41) is 28.2. The summed E-state index contributed by atoms with van der Waals surface area (Å²) in [5.74, 6) is -3.98. The summed E-state index contributed by atoms with van der Waals surface area (Å²) in [6, 6.07) is 8.12. The minimum Gasteiger partial charge on any atom is -0.501 e. The molecule has 0 amide bonds. The predicted octanol–water partition coefficient (Wildman–Crippen LogP) is 4.01. The molecule has 0 atom stereocenters. The van der Waals surface area contributed by atoms with E-state index in [2.05, 4.69) is 14.7 Å². The largest absolute Gasteiger partial charge is 0.501 e. The number of halogens is 3. The van der Waals surface area contributed by atoms with Crippen molar-refractivity contribution >= 4 is 56.5 Å². The Balaban J connectivity index is 2.13. The SMILES string of the molecule is O=C(O)c1nc(-c2ccccc2NS(=O)(=O)c2c(Cl)cc(Cl)cc2Cl)nc(O)c1O. The molecule has 156 valence electrons. The lowest BCUT2D eigenvalue weighted by atomic mass is 10.1. The Kier molecular flexibility index (Phi) is 5.95. The van der Waals surface area contributed by atoms with Crippen LogP contribution in [0.4, 0.5) is 5.69 Å². The minimum atomic E-state index is -4.32. The molecule has 0 spiro atoms. The number of carboxylic acids is 1. The van der Waals surface area contributed by atoms with Crippen LogP contribution in [0.3, 0.4) is 0 Å². The Morgan fingerprint density at radius 1 is 1.00 bits per heavy atom. The Morgan fingerprint density at radius 3 is 2.20 bits per heavy atom. The molecule has 3 rings (SSSR count). The molecule has 0 fully saturated rings. The van der Waals surface area contributed by atoms with E-state index in [1.807, 2.05) is 0 Å². The number of aromatic nitrogens is 2. The Hall–Kier alpha value is -2.79. The first-order valence-corrected chi connectivity index (χ1v) is 10.4. The number of anilines is 1. The van der Waals surface area contributed by atoms with Crippen molar-refractivity contribution in [3.63, 3.8) is 0 Å². The number of benzene rings is 2. The van der Waals surface area contributed by atoms with Gasteiger partial charge in [0, 0.05) is 10.6 Å². The molecule has 2 aromatic carbocycles. The Morgan fingerprint density at radius 2 is 1.60 bits per heavy atom. The van der Waals surface area contributed by atoms with E-state index in [9.17, 15) is 23.4 Å². The van der Waals surface area contributed by atoms with Gasteiger partial charge in [0.05, 0.1) is 15.7 Å². The average molecular weight is 491 g/mol. The lowest BCUT2D eigenvalue weighted by Crippen LogP contribution is -2.15. The second kappa shape index (κ2) is 8.15. The van der Waals surface area contributed by atoms with Gasteiger partial charge < -0.3 is 15.3 Å². The molecular formula is C17H10Cl3N3O6S. The first-order chi connectivity index (χ1) is 14.0. The van der Waals surface area contributed by atoms with Gasteiger partial charge in [0.2, 0.25) is 5.75 Å². The zero-order chi connectivity index (χ0) is 22.2. The van der Waals surface area contributed by atoms with Crippen molar-refractivity contribution in [2.24, 2.45) is 0 Å². The molecule has 13 heteroatoms. The molecule has 0 radical (unpaired) electrons. The maximum Gasteiger partial charge on any atom is 0.358 e. The molecule has 30 heavy (non-hydrogen) atoms. The van der Waals surface area contributed by atoms with E-state index >= 15 is 0 Å².